The van der Waals surface area contributed by atoms with Gasteiger partial charge in [0.1, 0.15) is 0 Å². The molecule has 1 amide bonds. The van der Waals surface area contributed by atoms with E-state index < -0.39 is 16.1 Å². The molecule has 2 aromatic rings. The number of rotatable bonds is 4. The Kier molecular flexibility index (Phi) is 5.69. The predicted octanol–water partition coefficient (Wildman–Crippen LogP) is 1.71. The van der Waals surface area contributed by atoms with Gasteiger partial charge in [-0.15, -0.1) is 0 Å². The summed E-state index contributed by atoms with van der Waals surface area (Å²) < 4.78 is 25.4. The minimum absolute atomic E-state index is 0.128. The van der Waals surface area contributed by atoms with E-state index in [1.807, 2.05) is 6.07 Å². The second-order valence-electron chi connectivity index (χ2n) is 6.45. The van der Waals surface area contributed by atoms with Crippen LogP contribution >= 0.6 is 11.6 Å². The number of sulfonamides is 1. The number of hydrogen-bond donors (Lipinski definition) is 1. The highest BCUT2D eigenvalue weighted by Crippen LogP contribution is 2.32. The third-order valence-corrected chi connectivity index (χ3v) is 6.03. The molecule has 1 aromatic carbocycles. The van der Waals surface area contributed by atoms with Crippen molar-refractivity contribution in [1.82, 2.24) is 19.2 Å². The molecular weight excluding hydrogens is 402 g/mol. The van der Waals surface area contributed by atoms with E-state index in [-0.39, 0.29) is 31.5 Å². The number of nitrogen functional groups attached to an aromatic ring is 1. The summed E-state index contributed by atoms with van der Waals surface area (Å²) in [5, 5.41) is 0.437. The first-order chi connectivity index (χ1) is 13.2. The van der Waals surface area contributed by atoms with Gasteiger partial charge in [-0.05, 0) is 35.9 Å². The Morgan fingerprint density at radius 2 is 2.11 bits per heavy atom. The molecule has 0 bridgehead atoms. The fourth-order valence-corrected chi connectivity index (χ4v) is 4.28. The van der Waals surface area contributed by atoms with Crippen LogP contribution in [0.4, 0.5) is 5.95 Å². The Labute approximate surface area is 168 Å². The maximum atomic E-state index is 12.4. The van der Waals surface area contributed by atoms with Crippen LogP contribution in [0.2, 0.25) is 5.02 Å². The van der Waals surface area contributed by atoms with E-state index in [1.165, 1.54) is 16.6 Å². The van der Waals surface area contributed by atoms with Gasteiger partial charge in [-0.25, -0.2) is 18.4 Å². The van der Waals surface area contributed by atoms with Crippen molar-refractivity contribution in [3.63, 3.8) is 0 Å². The third-order valence-electron chi connectivity index (χ3n) is 4.54. The number of nitrogens with two attached hydrogens (primary N) is 1. The van der Waals surface area contributed by atoms with Crippen molar-refractivity contribution in [2.45, 2.75) is 6.04 Å². The molecule has 1 aliphatic rings. The number of carbonyl (C=O) groups is 1. The minimum Gasteiger partial charge on any atom is -0.368 e. The number of aromatic nitrogens is 2. The first kappa shape index (κ1) is 20.2. The van der Waals surface area contributed by atoms with Crippen LogP contribution in [0.15, 0.2) is 43.1 Å². The molecule has 0 aliphatic carbocycles. The molecule has 3 rings (SSSR count). The van der Waals surface area contributed by atoms with Gasteiger partial charge in [0.15, 0.2) is 0 Å². The molecule has 148 valence electrons. The molecule has 0 spiro atoms. The van der Waals surface area contributed by atoms with Crippen LogP contribution < -0.4 is 5.73 Å². The van der Waals surface area contributed by atoms with Gasteiger partial charge in [0.05, 0.1) is 18.0 Å². The number of hydrogen-bond acceptors (Lipinski definition) is 6. The standard InChI is InChI=1S/C18H20ClN5O3S/c1-3-17(25)24-7-6-23(28(2,26)27)11-16(24)13-8-12(9-14(19)10-13)15-4-5-21-18(20)22-15/h3-5,8-10,16H,1,6-7,11H2,2H3,(H2,20,21,22)/t16-/m0/s1. The number of halogens is 1. The number of amides is 1. The highest BCUT2D eigenvalue weighted by Gasteiger charge is 2.34. The van der Waals surface area contributed by atoms with Crippen LogP contribution in [0.5, 0.6) is 0 Å². The second-order valence-corrected chi connectivity index (χ2v) is 8.86. The van der Waals surface area contributed by atoms with Gasteiger partial charge >= 0.3 is 0 Å². The summed E-state index contributed by atoms with van der Waals surface area (Å²) in [7, 11) is -3.40. The fourth-order valence-electron chi connectivity index (χ4n) is 3.21. The summed E-state index contributed by atoms with van der Waals surface area (Å²) in [5.74, 6) is -0.144. The van der Waals surface area contributed by atoms with Crippen molar-refractivity contribution < 1.29 is 13.2 Å². The molecule has 1 saturated heterocycles. The van der Waals surface area contributed by atoms with Crippen LogP contribution in [-0.2, 0) is 14.8 Å². The largest absolute Gasteiger partial charge is 0.368 e. The Bertz CT molecular complexity index is 1030. The molecule has 1 aromatic heterocycles. The van der Waals surface area contributed by atoms with Gasteiger partial charge in [-0.2, -0.15) is 4.31 Å². The van der Waals surface area contributed by atoms with E-state index in [9.17, 15) is 13.2 Å². The number of benzene rings is 1. The monoisotopic (exact) mass is 421 g/mol. The van der Waals surface area contributed by atoms with Gasteiger partial charge in [0, 0.05) is 36.4 Å². The quantitative estimate of drug-likeness (QED) is 0.752. The Balaban J connectivity index is 2.06. The zero-order valence-corrected chi connectivity index (χ0v) is 16.8. The molecule has 8 nitrogen and oxygen atoms in total. The highest BCUT2D eigenvalue weighted by molar-refractivity contribution is 7.88. The van der Waals surface area contributed by atoms with Gasteiger partial charge < -0.3 is 10.6 Å². The van der Waals surface area contributed by atoms with Crippen molar-refractivity contribution >= 4 is 33.5 Å². The molecule has 2 N–H and O–H groups in total. The summed E-state index contributed by atoms with van der Waals surface area (Å²) in [4.78, 5) is 22.0. The first-order valence-corrected chi connectivity index (χ1v) is 10.7. The summed E-state index contributed by atoms with van der Waals surface area (Å²) in [6.07, 6.45) is 3.92. The smallest absolute Gasteiger partial charge is 0.246 e. The van der Waals surface area contributed by atoms with Crippen LogP contribution in [-0.4, -0.2) is 59.4 Å². The molecule has 0 radical (unpaired) electrons. The minimum atomic E-state index is -3.40. The molecule has 0 unspecified atom stereocenters. The number of anilines is 1. The van der Waals surface area contributed by atoms with E-state index in [1.54, 1.807) is 23.1 Å². The normalized spacial score (nSPS) is 18.1. The molecular formula is C18H20ClN5O3S. The summed E-state index contributed by atoms with van der Waals surface area (Å²) in [5.41, 5.74) is 7.64. The lowest BCUT2D eigenvalue weighted by Crippen LogP contribution is -2.51. The fraction of sp³-hybridized carbons (Fsp3) is 0.278. The molecule has 10 heteroatoms. The summed E-state index contributed by atoms with van der Waals surface area (Å²) in [6, 6.07) is 6.46. The van der Waals surface area contributed by atoms with Crippen molar-refractivity contribution in [1.29, 1.82) is 0 Å². The lowest BCUT2D eigenvalue weighted by atomic mass is 9.99. The number of carbonyl (C=O) groups excluding carboxylic acids is 1. The second kappa shape index (κ2) is 7.86. The van der Waals surface area contributed by atoms with E-state index in [4.69, 9.17) is 17.3 Å². The van der Waals surface area contributed by atoms with E-state index >= 15 is 0 Å². The third kappa shape index (κ3) is 4.32. The maximum absolute atomic E-state index is 12.4. The number of piperazine rings is 1. The van der Waals surface area contributed by atoms with Crippen LogP contribution in [0.1, 0.15) is 11.6 Å². The summed E-state index contributed by atoms with van der Waals surface area (Å²) >= 11 is 6.32. The summed E-state index contributed by atoms with van der Waals surface area (Å²) in [6.45, 7) is 4.16. The zero-order chi connectivity index (χ0) is 20.5. The van der Waals surface area contributed by atoms with Crippen LogP contribution in [0, 0.1) is 0 Å². The molecule has 0 saturated carbocycles. The van der Waals surface area contributed by atoms with E-state index in [0.717, 1.165) is 6.26 Å². The topological polar surface area (TPSA) is 109 Å². The SMILES string of the molecule is C=CC(=O)N1CCN(S(C)(=O)=O)C[C@H]1c1cc(Cl)cc(-c2ccnc(N)n2)c1. The zero-order valence-electron chi connectivity index (χ0n) is 15.2. The molecule has 1 fully saturated rings. The van der Waals surface area contributed by atoms with Gasteiger partial charge in [-0.1, -0.05) is 18.2 Å². The number of nitrogens with zero attached hydrogens (tertiary/aromatic N) is 4. The average molecular weight is 422 g/mol. The van der Waals surface area contributed by atoms with Crippen molar-refractivity contribution in [2.24, 2.45) is 0 Å². The van der Waals surface area contributed by atoms with E-state index in [2.05, 4.69) is 16.5 Å². The first-order valence-electron chi connectivity index (χ1n) is 8.46. The Hall–Kier alpha value is -2.49. The Morgan fingerprint density at radius 1 is 1.36 bits per heavy atom. The van der Waals surface area contributed by atoms with Gasteiger partial charge in [0.25, 0.3) is 0 Å². The molecule has 28 heavy (non-hydrogen) atoms. The molecule has 2 heterocycles. The van der Waals surface area contributed by atoms with Crippen molar-refractivity contribution in [2.75, 3.05) is 31.6 Å². The van der Waals surface area contributed by atoms with Gasteiger partial charge in [0.2, 0.25) is 21.9 Å². The van der Waals surface area contributed by atoms with Crippen LogP contribution in [0.25, 0.3) is 11.3 Å². The van der Waals surface area contributed by atoms with Crippen molar-refractivity contribution in [3.8, 4) is 11.3 Å². The van der Waals surface area contributed by atoms with E-state index in [0.29, 0.717) is 21.8 Å². The molecule has 1 atom stereocenters. The Morgan fingerprint density at radius 3 is 2.75 bits per heavy atom. The van der Waals surface area contributed by atoms with Gasteiger partial charge in [-0.3, -0.25) is 4.79 Å². The molecule has 1 aliphatic heterocycles. The average Bonchev–Trinajstić information content (AvgIpc) is 2.65. The van der Waals surface area contributed by atoms with Crippen molar-refractivity contribution in [3.05, 3.63) is 53.7 Å². The highest BCUT2D eigenvalue weighted by atomic mass is 35.5. The lowest BCUT2D eigenvalue weighted by molar-refractivity contribution is -0.130. The lowest BCUT2D eigenvalue weighted by Gasteiger charge is -2.40. The maximum Gasteiger partial charge on any atom is 0.246 e. The van der Waals surface area contributed by atoms with Crippen LogP contribution in [0.3, 0.4) is 0 Å². The predicted molar refractivity (Wildman–Crippen MR) is 108 cm³/mol.